The summed E-state index contributed by atoms with van der Waals surface area (Å²) in [5.41, 5.74) is 1.92. The van der Waals surface area contributed by atoms with Gasteiger partial charge in [0.1, 0.15) is 12.4 Å². The second-order valence-electron chi connectivity index (χ2n) is 4.94. The molecule has 2 rings (SSSR count). The molecule has 0 fully saturated rings. The third-order valence-corrected chi connectivity index (χ3v) is 3.40. The zero-order chi connectivity index (χ0) is 16.8. The lowest BCUT2D eigenvalue weighted by atomic mass is 10.1. The monoisotopic (exact) mass is 351 g/mol. The van der Waals surface area contributed by atoms with Gasteiger partial charge in [-0.05, 0) is 44.2 Å². The molecule has 0 spiro atoms. The van der Waals surface area contributed by atoms with E-state index in [1.807, 2.05) is 13.0 Å². The standard InChI is InChI=1S/C17H15Cl2NO3/c1-11-4-3-5-13(8-11)17(21)23-20-12(2)10-22-16-7-6-14(18)9-15(16)19/h3-9H,10H2,1-2H3. The van der Waals surface area contributed by atoms with Gasteiger partial charge in [0.05, 0.1) is 16.3 Å². The third kappa shape index (κ3) is 5.27. The van der Waals surface area contributed by atoms with Crippen molar-refractivity contribution in [2.45, 2.75) is 13.8 Å². The molecule has 23 heavy (non-hydrogen) atoms. The largest absolute Gasteiger partial charge is 0.486 e. The topological polar surface area (TPSA) is 47.9 Å². The second-order valence-corrected chi connectivity index (χ2v) is 5.78. The Balaban J connectivity index is 1.91. The first-order valence-electron chi connectivity index (χ1n) is 6.85. The molecule has 0 aliphatic rings. The predicted molar refractivity (Wildman–Crippen MR) is 91.7 cm³/mol. The number of nitrogens with zero attached hydrogens (tertiary/aromatic N) is 1. The van der Waals surface area contributed by atoms with E-state index in [1.54, 1.807) is 43.3 Å². The van der Waals surface area contributed by atoms with Crippen molar-refractivity contribution in [3.8, 4) is 5.75 Å². The number of aryl methyl sites for hydroxylation is 1. The van der Waals surface area contributed by atoms with Gasteiger partial charge >= 0.3 is 5.97 Å². The van der Waals surface area contributed by atoms with Crippen molar-refractivity contribution in [2.24, 2.45) is 5.16 Å². The van der Waals surface area contributed by atoms with Gasteiger partial charge in [-0.1, -0.05) is 46.1 Å². The number of hydrogen-bond donors (Lipinski definition) is 0. The van der Waals surface area contributed by atoms with Crippen LogP contribution >= 0.6 is 23.2 Å². The van der Waals surface area contributed by atoms with Crippen molar-refractivity contribution < 1.29 is 14.4 Å². The van der Waals surface area contributed by atoms with Crippen molar-refractivity contribution >= 4 is 34.9 Å². The highest BCUT2D eigenvalue weighted by Crippen LogP contribution is 2.27. The molecule has 0 heterocycles. The summed E-state index contributed by atoms with van der Waals surface area (Å²) >= 11 is 11.8. The van der Waals surface area contributed by atoms with E-state index in [0.717, 1.165) is 5.56 Å². The molecule has 0 atom stereocenters. The number of benzene rings is 2. The molecule has 0 amide bonds. The Kier molecular flexibility index (Phi) is 6.02. The van der Waals surface area contributed by atoms with Crippen LogP contribution in [0.2, 0.25) is 10.0 Å². The molecule has 0 unspecified atom stereocenters. The van der Waals surface area contributed by atoms with E-state index >= 15 is 0 Å². The molecule has 2 aromatic carbocycles. The summed E-state index contributed by atoms with van der Waals surface area (Å²) in [6.45, 7) is 3.73. The molecule has 0 aliphatic carbocycles. The molecule has 0 aromatic heterocycles. The van der Waals surface area contributed by atoms with E-state index in [2.05, 4.69) is 5.16 Å². The van der Waals surface area contributed by atoms with Gasteiger partial charge in [0, 0.05) is 5.02 Å². The van der Waals surface area contributed by atoms with Crippen molar-refractivity contribution in [1.82, 2.24) is 0 Å². The molecule has 0 bridgehead atoms. The van der Waals surface area contributed by atoms with Crippen molar-refractivity contribution in [3.63, 3.8) is 0 Å². The Labute approximate surface area is 144 Å². The number of carbonyl (C=O) groups excluding carboxylic acids is 1. The highest BCUT2D eigenvalue weighted by atomic mass is 35.5. The van der Waals surface area contributed by atoms with Crippen LogP contribution in [0.4, 0.5) is 0 Å². The van der Waals surface area contributed by atoms with Crippen LogP contribution in [-0.2, 0) is 4.84 Å². The van der Waals surface area contributed by atoms with E-state index in [-0.39, 0.29) is 6.61 Å². The third-order valence-electron chi connectivity index (χ3n) is 2.87. The quantitative estimate of drug-likeness (QED) is 0.436. The fourth-order valence-corrected chi connectivity index (χ4v) is 2.21. The van der Waals surface area contributed by atoms with Crippen LogP contribution in [0, 0.1) is 6.92 Å². The molecular weight excluding hydrogens is 337 g/mol. The average molecular weight is 352 g/mol. The lowest BCUT2D eigenvalue weighted by Gasteiger charge is -2.07. The van der Waals surface area contributed by atoms with Crippen molar-refractivity contribution in [1.29, 1.82) is 0 Å². The summed E-state index contributed by atoms with van der Waals surface area (Å²) in [7, 11) is 0. The maximum absolute atomic E-state index is 11.9. The number of hydrogen-bond acceptors (Lipinski definition) is 4. The summed E-state index contributed by atoms with van der Waals surface area (Å²) < 4.78 is 5.50. The van der Waals surface area contributed by atoms with Crippen molar-refractivity contribution in [3.05, 3.63) is 63.6 Å². The fourth-order valence-electron chi connectivity index (χ4n) is 1.74. The van der Waals surface area contributed by atoms with E-state index in [4.69, 9.17) is 32.8 Å². The zero-order valence-electron chi connectivity index (χ0n) is 12.7. The minimum absolute atomic E-state index is 0.141. The predicted octanol–water partition coefficient (Wildman–Crippen LogP) is 4.91. The molecule has 0 aliphatic heterocycles. The minimum Gasteiger partial charge on any atom is -0.486 e. The van der Waals surface area contributed by atoms with Gasteiger partial charge in [0.2, 0.25) is 0 Å². The SMILES string of the molecule is CC(COc1ccc(Cl)cc1Cl)=NOC(=O)c1cccc(C)c1. The van der Waals surface area contributed by atoms with Gasteiger partial charge in [0.25, 0.3) is 0 Å². The van der Waals surface area contributed by atoms with Crippen LogP contribution < -0.4 is 4.74 Å². The number of ether oxygens (including phenoxy) is 1. The Hall–Kier alpha value is -2.04. The summed E-state index contributed by atoms with van der Waals surface area (Å²) in [6.07, 6.45) is 0. The maximum atomic E-state index is 11.9. The van der Waals surface area contributed by atoms with Gasteiger partial charge in [0.15, 0.2) is 0 Å². The normalized spacial score (nSPS) is 11.2. The van der Waals surface area contributed by atoms with Gasteiger partial charge in [-0.3, -0.25) is 0 Å². The van der Waals surface area contributed by atoms with E-state index in [9.17, 15) is 4.79 Å². The minimum atomic E-state index is -0.516. The maximum Gasteiger partial charge on any atom is 0.365 e. The second kappa shape index (κ2) is 7.99. The molecule has 2 aromatic rings. The number of rotatable bonds is 5. The summed E-state index contributed by atoms with van der Waals surface area (Å²) in [4.78, 5) is 16.8. The number of halogens is 2. The molecule has 0 radical (unpaired) electrons. The Morgan fingerprint density at radius 2 is 1.96 bits per heavy atom. The van der Waals surface area contributed by atoms with E-state index in [0.29, 0.717) is 27.1 Å². The Morgan fingerprint density at radius 3 is 2.65 bits per heavy atom. The Morgan fingerprint density at radius 1 is 1.17 bits per heavy atom. The first kappa shape index (κ1) is 17.3. The number of carbonyl (C=O) groups is 1. The first-order valence-corrected chi connectivity index (χ1v) is 7.60. The molecule has 120 valence electrons. The summed E-state index contributed by atoms with van der Waals surface area (Å²) in [6, 6.07) is 12.0. The van der Waals surface area contributed by atoms with Crippen LogP contribution in [0.25, 0.3) is 0 Å². The van der Waals surface area contributed by atoms with Crippen LogP contribution in [-0.4, -0.2) is 18.3 Å². The van der Waals surface area contributed by atoms with E-state index in [1.165, 1.54) is 0 Å². The lowest BCUT2D eigenvalue weighted by molar-refractivity contribution is 0.0514. The molecule has 0 N–H and O–H groups in total. The first-order chi connectivity index (χ1) is 11.0. The van der Waals surface area contributed by atoms with Crippen LogP contribution in [0.15, 0.2) is 47.6 Å². The van der Waals surface area contributed by atoms with Gasteiger partial charge in [-0.25, -0.2) is 4.79 Å². The van der Waals surface area contributed by atoms with Gasteiger partial charge in [-0.15, -0.1) is 0 Å². The highest BCUT2D eigenvalue weighted by Gasteiger charge is 2.08. The van der Waals surface area contributed by atoms with Gasteiger partial charge < -0.3 is 9.57 Å². The van der Waals surface area contributed by atoms with Crippen LogP contribution in [0.5, 0.6) is 5.75 Å². The fraction of sp³-hybridized carbons (Fsp3) is 0.176. The zero-order valence-corrected chi connectivity index (χ0v) is 14.2. The lowest BCUT2D eigenvalue weighted by Crippen LogP contribution is -2.10. The Bertz CT molecular complexity index is 744. The average Bonchev–Trinajstić information content (AvgIpc) is 2.51. The molecule has 6 heteroatoms. The molecule has 4 nitrogen and oxygen atoms in total. The highest BCUT2D eigenvalue weighted by molar-refractivity contribution is 6.35. The van der Waals surface area contributed by atoms with E-state index < -0.39 is 5.97 Å². The summed E-state index contributed by atoms with van der Waals surface area (Å²) in [5.74, 6) is -0.0341. The molecule has 0 saturated heterocycles. The number of oxime groups is 1. The molecular formula is C17H15Cl2NO3. The van der Waals surface area contributed by atoms with Gasteiger partial charge in [-0.2, -0.15) is 0 Å². The van der Waals surface area contributed by atoms with Crippen molar-refractivity contribution in [2.75, 3.05) is 6.61 Å². The van der Waals surface area contributed by atoms with Crippen LogP contribution in [0.3, 0.4) is 0 Å². The smallest absolute Gasteiger partial charge is 0.365 e. The summed E-state index contributed by atoms with van der Waals surface area (Å²) in [5, 5.41) is 4.70. The molecule has 0 saturated carbocycles. The van der Waals surface area contributed by atoms with Crippen LogP contribution in [0.1, 0.15) is 22.8 Å².